The van der Waals surface area contributed by atoms with Crippen LogP contribution < -0.4 is 10.6 Å². The van der Waals surface area contributed by atoms with E-state index in [4.69, 9.17) is 4.42 Å². The predicted molar refractivity (Wildman–Crippen MR) is 74.9 cm³/mol. The topological polar surface area (TPSA) is 54.3 Å². The molecule has 4 nitrogen and oxygen atoms in total. The highest BCUT2D eigenvalue weighted by atomic mass is 16.3. The van der Waals surface area contributed by atoms with Crippen LogP contribution in [-0.4, -0.2) is 12.1 Å². The van der Waals surface area contributed by atoms with Crippen LogP contribution in [0.4, 0.5) is 4.79 Å². The quantitative estimate of drug-likeness (QED) is 0.890. The summed E-state index contributed by atoms with van der Waals surface area (Å²) in [6, 6.07) is 2.26. The van der Waals surface area contributed by atoms with Gasteiger partial charge in [-0.05, 0) is 61.8 Å². The zero-order valence-corrected chi connectivity index (χ0v) is 11.7. The van der Waals surface area contributed by atoms with Crippen molar-refractivity contribution >= 4 is 6.03 Å². The molecule has 4 fully saturated rings. The second-order valence-electron chi connectivity index (χ2n) is 6.92. The summed E-state index contributed by atoms with van der Waals surface area (Å²) in [6.45, 7) is 0.537. The molecule has 1 aromatic rings. The lowest BCUT2D eigenvalue weighted by Gasteiger charge is -2.54. The van der Waals surface area contributed by atoms with E-state index in [9.17, 15) is 4.79 Å². The van der Waals surface area contributed by atoms with Crippen LogP contribution in [0.2, 0.25) is 0 Å². The monoisotopic (exact) mass is 274 g/mol. The van der Waals surface area contributed by atoms with Crippen LogP contribution in [0, 0.1) is 23.7 Å². The van der Waals surface area contributed by atoms with E-state index in [0.717, 1.165) is 29.2 Å². The first-order chi connectivity index (χ1) is 9.78. The molecule has 20 heavy (non-hydrogen) atoms. The van der Waals surface area contributed by atoms with Crippen molar-refractivity contribution in [2.75, 3.05) is 0 Å². The zero-order valence-electron chi connectivity index (χ0n) is 11.7. The molecule has 4 saturated carbocycles. The molecule has 2 amide bonds. The van der Waals surface area contributed by atoms with Crippen LogP contribution in [0.5, 0.6) is 0 Å². The van der Waals surface area contributed by atoms with Crippen LogP contribution in [0.3, 0.4) is 0 Å². The van der Waals surface area contributed by atoms with Crippen molar-refractivity contribution in [2.24, 2.45) is 23.7 Å². The summed E-state index contributed by atoms with van der Waals surface area (Å²) in [5.74, 6) is 3.35. The van der Waals surface area contributed by atoms with E-state index in [-0.39, 0.29) is 6.03 Å². The molecule has 0 aromatic carbocycles. The van der Waals surface area contributed by atoms with Crippen molar-refractivity contribution in [2.45, 2.75) is 44.7 Å². The molecule has 0 radical (unpaired) electrons. The van der Waals surface area contributed by atoms with Crippen molar-refractivity contribution in [3.8, 4) is 0 Å². The van der Waals surface area contributed by atoms with Gasteiger partial charge in [0, 0.05) is 18.2 Å². The van der Waals surface area contributed by atoms with Gasteiger partial charge in [0.2, 0.25) is 0 Å². The Kier molecular flexibility index (Phi) is 2.97. The van der Waals surface area contributed by atoms with Crippen molar-refractivity contribution in [3.05, 3.63) is 24.2 Å². The molecule has 5 rings (SSSR count). The first kappa shape index (κ1) is 12.3. The highest BCUT2D eigenvalue weighted by Crippen LogP contribution is 2.53. The number of furan rings is 1. The first-order valence-corrected chi connectivity index (χ1v) is 7.83. The second-order valence-corrected chi connectivity index (χ2v) is 6.92. The smallest absolute Gasteiger partial charge is 0.315 e. The highest BCUT2D eigenvalue weighted by molar-refractivity contribution is 5.74. The van der Waals surface area contributed by atoms with Crippen LogP contribution in [0.1, 0.15) is 37.7 Å². The molecule has 0 atom stereocenters. The van der Waals surface area contributed by atoms with Gasteiger partial charge in [0.25, 0.3) is 0 Å². The number of nitrogens with one attached hydrogen (secondary N) is 2. The Morgan fingerprint density at radius 1 is 1.15 bits per heavy atom. The Balaban J connectivity index is 1.33. The van der Waals surface area contributed by atoms with Gasteiger partial charge in [-0.15, -0.1) is 0 Å². The van der Waals surface area contributed by atoms with E-state index in [1.165, 1.54) is 32.1 Å². The van der Waals surface area contributed by atoms with Crippen LogP contribution >= 0.6 is 0 Å². The van der Waals surface area contributed by atoms with E-state index in [0.29, 0.717) is 12.6 Å². The summed E-state index contributed by atoms with van der Waals surface area (Å²) in [5, 5.41) is 6.18. The van der Waals surface area contributed by atoms with E-state index < -0.39 is 0 Å². The van der Waals surface area contributed by atoms with E-state index in [1.54, 1.807) is 12.5 Å². The number of hydrogen-bond donors (Lipinski definition) is 2. The molecule has 4 heteroatoms. The molecule has 0 saturated heterocycles. The number of carbonyl (C=O) groups excluding carboxylic acids is 1. The lowest BCUT2D eigenvalue weighted by Crippen LogP contribution is -2.57. The van der Waals surface area contributed by atoms with Crippen molar-refractivity contribution in [1.82, 2.24) is 10.6 Å². The summed E-state index contributed by atoms with van der Waals surface area (Å²) in [7, 11) is 0. The standard InChI is InChI=1S/C16H22N2O2/c19-16(17-8-10-1-2-20-9-10)18-15-13-4-11-3-12(6-13)7-14(15)5-11/h1-2,9,11-15H,3-8H2,(H2,17,18,19). The van der Waals surface area contributed by atoms with Crippen LogP contribution in [0.25, 0.3) is 0 Å². The average Bonchev–Trinajstić information content (AvgIpc) is 2.93. The molecule has 108 valence electrons. The van der Waals surface area contributed by atoms with Gasteiger partial charge in [-0.2, -0.15) is 0 Å². The molecule has 1 heterocycles. The summed E-state index contributed by atoms with van der Waals surface area (Å²) in [6.07, 6.45) is 10.1. The fourth-order valence-corrected chi connectivity index (χ4v) is 4.94. The molecule has 0 aliphatic heterocycles. The van der Waals surface area contributed by atoms with Gasteiger partial charge < -0.3 is 15.1 Å². The maximum atomic E-state index is 12.1. The number of rotatable bonds is 3. The molecule has 4 bridgehead atoms. The molecule has 1 aromatic heterocycles. The van der Waals surface area contributed by atoms with Gasteiger partial charge in [-0.3, -0.25) is 0 Å². The lowest BCUT2D eigenvalue weighted by atomic mass is 9.54. The molecule has 4 aliphatic rings. The highest BCUT2D eigenvalue weighted by Gasteiger charge is 2.48. The summed E-state index contributed by atoms with van der Waals surface area (Å²) in [5.41, 5.74) is 1.00. The fraction of sp³-hybridized carbons (Fsp3) is 0.688. The zero-order chi connectivity index (χ0) is 13.5. The number of hydrogen-bond acceptors (Lipinski definition) is 2. The minimum Gasteiger partial charge on any atom is -0.472 e. The Hall–Kier alpha value is -1.45. The summed E-state index contributed by atoms with van der Waals surface area (Å²) >= 11 is 0. The van der Waals surface area contributed by atoms with Gasteiger partial charge in [0.1, 0.15) is 0 Å². The first-order valence-electron chi connectivity index (χ1n) is 7.83. The molecule has 4 aliphatic carbocycles. The van der Waals surface area contributed by atoms with Crippen LogP contribution in [-0.2, 0) is 6.54 Å². The van der Waals surface area contributed by atoms with Gasteiger partial charge in [0.05, 0.1) is 12.5 Å². The normalized spacial score (nSPS) is 37.9. The van der Waals surface area contributed by atoms with Crippen molar-refractivity contribution in [1.29, 1.82) is 0 Å². The summed E-state index contributed by atoms with van der Waals surface area (Å²) in [4.78, 5) is 12.1. The van der Waals surface area contributed by atoms with Crippen molar-refractivity contribution < 1.29 is 9.21 Å². The van der Waals surface area contributed by atoms with Gasteiger partial charge >= 0.3 is 6.03 Å². The molecular weight excluding hydrogens is 252 g/mol. The van der Waals surface area contributed by atoms with E-state index in [2.05, 4.69) is 10.6 Å². The molecule has 0 spiro atoms. The summed E-state index contributed by atoms with van der Waals surface area (Å²) < 4.78 is 5.00. The maximum Gasteiger partial charge on any atom is 0.315 e. The average molecular weight is 274 g/mol. The van der Waals surface area contributed by atoms with Gasteiger partial charge in [-0.25, -0.2) is 4.79 Å². The Morgan fingerprint density at radius 2 is 1.85 bits per heavy atom. The minimum atomic E-state index is -0.0244. The minimum absolute atomic E-state index is 0.0244. The fourth-order valence-electron chi connectivity index (χ4n) is 4.94. The van der Waals surface area contributed by atoms with E-state index in [1.807, 2.05) is 6.07 Å². The van der Waals surface area contributed by atoms with Gasteiger partial charge in [-0.1, -0.05) is 0 Å². The second kappa shape index (κ2) is 4.83. The Labute approximate surface area is 119 Å². The third kappa shape index (κ3) is 2.21. The number of amides is 2. The van der Waals surface area contributed by atoms with Crippen molar-refractivity contribution in [3.63, 3.8) is 0 Å². The molecule has 2 N–H and O–H groups in total. The SMILES string of the molecule is O=C(NCc1ccoc1)NC1C2CC3CC(C2)CC1C3. The Bertz CT molecular complexity index is 455. The van der Waals surface area contributed by atoms with Gasteiger partial charge in [0.15, 0.2) is 0 Å². The predicted octanol–water partition coefficient (Wildman–Crippen LogP) is 2.90. The maximum absolute atomic E-state index is 12.1. The van der Waals surface area contributed by atoms with Crippen LogP contribution in [0.15, 0.2) is 23.0 Å². The number of carbonyl (C=O) groups is 1. The Morgan fingerprint density at radius 3 is 2.45 bits per heavy atom. The third-order valence-electron chi connectivity index (χ3n) is 5.56. The lowest BCUT2D eigenvalue weighted by molar-refractivity contribution is -0.00942. The largest absolute Gasteiger partial charge is 0.472 e. The molecular formula is C16H22N2O2. The number of urea groups is 1. The van der Waals surface area contributed by atoms with E-state index >= 15 is 0 Å². The molecule has 0 unspecified atom stereocenters. The third-order valence-corrected chi connectivity index (χ3v) is 5.56.